The number of ether oxygens (including phenoxy) is 2. The predicted octanol–water partition coefficient (Wildman–Crippen LogP) is 5.47. The van der Waals surface area contributed by atoms with Crippen molar-refractivity contribution >= 4 is 11.7 Å². The predicted molar refractivity (Wildman–Crippen MR) is 140 cm³/mol. The van der Waals surface area contributed by atoms with Crippen molar-refractivity contribution in [3.8, 4) is 11.5 Å². The minimum atomic E-state index is -0.359. The minimum absolute atomic E-state index is 0.00762. The Morgan fingerprint density at radius 2 is 1.62 bits per heavy atom. The molecular weight excluding hydrogens is 469 g/mol. The van der Waals surface area contributed by atoms with Crippen LogP contribution in [0, 0.1) is 11.2 Å². The number of carbonyl (C=O) groups is 1. The number of hydrogen-bond donors (Lipinski definition) is 3. The van der Waals surface area contributed by atoms with E-state index in [9.17, 15) is 9.18 Å². The number of halogens is 1. The van der Waals surface area contributed by atoms with Gasteiger partial charge in [-0.05, 0) is 70.6 Å². The highest BCUT2D eigenvalue weighted by molar-refractivity contribution is 5.95. The molecule has 0 saturated heterocycles. The Labute approximate surface area is 214 Å². The van der Waals surface area contributed by atoms with Crippen molar-refractivity contribution in [1.29, 1.82) is 5.41 Å². The van der Waals surface area contributed by atoms with Gasteiger partial charge in [0.25, 0.3) is 5.91 Å². The van der Waals surface area contributed by atoms with E-state index in [2.05, 4.69) is 5.32 Å². The molecule has 0 bridgehead atoms. The number of methoxy groups -OCH3 is 1. The van der Waals surface area contributed by atoms with Crippen LogP contribution in [-0.2, 0) is 17.7 Å². The number of fused-ring (bicyclic) bond motifs is 2. The van der Waals surface area contributed by atoms with E-state index in [1.807, 2.05) is 48.5 Å². The summed E-state index contributed by atoms with van der Waals surface area (Å²) in [6, 6.07) is 24.6. The lowest BCUT2D eigenvalue weighted by Crippen LogP contribution is -2.24. The quantitative estimate of drug-likeness (QED) is 0.234. The van der Waals surface area contributed by atoms with E-state index in [4.69, 9.17) is 20.6 Å². The lowest BCUT2D eigenvalue weighted by Gasteiger charge is -2.28. The van der Waals surface area contributed by atoms with Crippen molar-refractivity contribution in [2.45, 2.75) is 19.1 Å². The van der Waals surface area contributed by atoms with E-state index in [0.717, 1.165) is 27.8 Å². The highest BCUT2D eigenvalue weighted by Gasteiger charge is 2.26. The van der Waals surface area contributed by atoms with E-state index in [1.165, 1.54) is 12.1 Å². The van der Waals surface area contributed by atoms with Crippen LogP contribution < -0.4 is 15.8 Å². The first-order valence-electron chi connectivity index (χ1n) is 11.8. The third-order valence-electron chi connectivity index (χ3n) is 6.45. The molecule has 1 amide bonds. The van der Waals surface area contributed by atoms with Crippen LogP contribution in [0.1, 0.15) is 49.8 Å². The minimum Gasteiger partial charge on any atom is -0.457 e. The molecule has 0 unspecified atom stereocenters. The smallest absolute Gasteiger partial charge is 0.251 e. The molecule has 4 N–H and O–H groups in total. The number of benzene rings is 4. The zero-order chi connectivity index (χ0) is 25.9. The number of carbonyl (C=O) groups excluding carboxylic acids is 1. The average Bonchev–Trinajstić information content (AvgIpc) is 2.90. The van der Waals surface area contributed by atoms with Gasteiger partial charge in [-0.1, -0.05) is 42.5 Å². The summed E-state index contributed by atoms with van der Waals surface area (Å²) in [4.78, 5) is 12.9. The molecular formula is C30H26FN3O3. The maximum Gasteiger partial charge on any atom is 0.251 e. The van der Waals surface area contributed by atoms with E-state index in [-0.39, 0.29) is 23.7 Å². The van der Waals surface area contributed by atoms with Gasteiger partial charge < -0.3 is 20.5 Å². The first-order valence-corrected chi connectivity index (χ1v) is 11.8. The summed E-state index contributed by atoms with van der Waals surface area (Å²) in [6.07, 6.45) is 0.345. The molecule has 0 aliphatic heterocycles. The summed E-state index contributed by atoms with van der Waals surface area (Å²) >= 11 is 0. The number of rotatable bonds is 7. The molecule has 37 heavy (non-hydrogen) atoms. The molecule has 0 spiro atoms. The Hall–Kier alpha value is -4.49. The summed E-state index contributed by atoms with van der Waals surface area (Å²) in [5, 5.41) is 10.4. The highest BCUT2D eigenvalue weighted by Crippen LogP contribution is 2.39. The van der Waals surface area contributed by atoms with E-state index in [0.29, 0.717) is 35.6 Å². The Morgan fingerprint density at radius 1 is 0.946 bits per heavy atom. The molecule has 5 rings (SSSR count). The van der Waals surface area contributed by atoms with E-state index in [1.54, 1.807) is 31.4 Å². The molecule has 0 radical (unpaired) electrons. The van der Waals surface area contributed by atoms with E-state index >= 15 is 0 Å². The normalized spacial score (nSPS) is 13.8. The standard InChI is InChI=1S/C30H26FN3O3/c1-36-28-26-11-9-20(30(35)34-17-18-5-7-19(8-6-18)29(32)33)13-21(26)14-22-15-25(10-12-27(22)28)37-24-4-2-3-23(31)16-24/h2-13,15-16,28H,14,17H2,1H3,(H3,32,33)(H,34,35)/t28-/m1/s1. The second-order valence-electron chi connectivity index (χ2n) is 8.92. The lowest BCUT2D eigenvalue weighted by molar-refractivity contribution is 0.0950. The largest absolute Gasteiger partial charge is 0.457 e. The number of hydrogen-bond acceptors (Lipinski definition) is 4. The van der Waals surface area contributed by atoms with Crippen molar-refractivity contribution in [2.75, 3.05) is 7.11 Å². The first kappa shape index (κ1) is 24.2. The first-order chi connectivity index (χ1) is 17.9. The van der Waals surface area contributed by atoms with Gasteiger partial charge in [-0.2, -0.15) is 0 Å². The Bertz CT molecular complexity index is 1480. The summed E-state index contributed by atoms with van der Waals surface area (Å²) in [5.41, 5.74) is 11.7. The second-order valence-corrected chi connectivity index (χ2v) is 8.92. The molecule has 0 aromatic heterocycles. The molecule has 4 aromatic carbocycles. The van der Waals surface area contributed by atoms with Gasteiger partial charge in [0.05, 0.1) is 0 Å². The SMILES string of the molecule is CO[C@H]1c2ccc(Oc3cccc(F)c3)cc2Cc2cc(C(=O)NCc3ccc(C(=N)N)cc3)ccc21. The molecule has 1 atom stereocenters. The van der Waals surface area contributed by atoms with Crippen LogP contribution in [-0.4, -0.2) is 18.9 Å². The number of amides is 1. The van der Waals surface area contributed by atoms with Crippen LogP contribution in [0.5, 0.6) is 11.5 Å². The Balaban J connectivity index is 1.34. The molecule has 186 valence electrons. The fraction of sp³-hybridized carbons (Fsp3) is 0.133. The molecule has 0 saturated carbocycles. The van der Waals surface area contributed by atoms with Crippen molar-refractivity contribution in [1.82, 2.24) is 5.32 Å². The van der Waals surface area contributed by atoms with Gasteiger partial charge in [-0.15, -0.1) is 0 Å². The van der Waals surface area contributed by atoms with Gasteiger partial charge in [-0.25, -0.2) is 4.39 Å². The van der Waals surface area contributed by atoms with E-state index < -0.39 is 0 Å². The van der Waals surface area contributed by atoms with Gasteiger partial charge in [0.1, 0.15) is 29.3 Å². The molecule has 1 aliphatic rings. The van der Waals surface area contributed by atoms with Crippen LogP contribution in [0.3, 0.4) is 0 Å². The van der Waals surface area contributed by atoms with Gasteiger partial charge in [0.2, 0.25) is 0 Å². The van der Waals surface area contributed by atoms with Crippen molar-refractivity contribution in [3.63, 3.8) is 0 Å². The Kier molecular flexibility index (Phi) is 6.70. The summed E-state index contributed by atoms with van der Waals surface area (Å²) in [5.74, 6) is 0.499. The summed E-state index contributed by atoms with van der Waals surface area (Å²) < 4.78 is 25.3. The fourth-order valence-electron chi connectivity index (χ4n) is 4.59. The number of nitrogens with two attached hydrogens (primary N) is 1. The monoisotopic (exact) mass is 495 g/mol. The summed E-state index contributed by atoms with van der Waals surface area (Å²) in [6.45, 7) is 0.360. The second kappa shape index (κ2) is 10.2. The van der Waals surface area contributed by atoms with Gasteiger partial charge in [-0.3, -0.25) is 10.2 Å². The van der Waals surface area contributed by atoms with Crippen LogP contribution >= 0.6 is 0 Å². The lowest BCUT2D eigenvalue weighted by atomic mass is 9.83. The molecule has 0 fully saturated rings. The van der Waals surface area contributed by atoms with Gasteiger partial charge in [0.15, 0.2) is 0 Å². The average molecular weight is 496 g/mol. The number of nitrogens with one attached hydrogen (secondary N) is 2. The highest BCUT2D eigenvalue weighted by atomic mass is 19.1. The fourth-order valence-corrected chi connectivity index (χ4v) is 4.59. The van der Waals surface area contributed by atoms with Crippen molar-refractivity contribution in [2.24, 2.45) is 5.73 Å². The topological polar surface area (TPSA) is 97.4 Å². The van der Waals surface area contributed by atoms with Gasteiger partial charge >= 0.3 is 0 Å². The van der Waals surface area contributed by atoms with Crippen LogP contribution in [0.25, 0.3) is 0 Å². The third kappa shape index (κ3) is 5.22. The zero-order valence-electron chi connectivity index (χ0n) is 20.3. The molecule has 4 aromatic rings. The van der Waals surface area contributed by atoms with Crippen LogP contribution in [0.4, 0.5) is 4.39 Å². The zero-order valence-corrected chi connectivity index (χ0v) is 20.3. The summed E-state index contributed by atoms with van der Waals surface area (Å²) in [7, 11) is 1.67. The van der Waals surface area contributed by atoms with Crippen molar-refractivity contribution < 1.29 is 18.7 Å². The van der Waals surface area contributed by atoms with Crippen LogP contribution in [0.15, 0.2) is 84.9 Å². The number of amidine groups is 1. The van der Waals surface area contributed by atoms with Crippen molar-refractivity contribution in [3.05, 3.63) is 130 Å². The number of nitrogen functional groups attached to an aromatic ring is 1. The van der Waals surface area contributed by atoms with Gasteiger partial charge in [0, 0.05) is 30.8 Å². The molecule has 7 heteroatoms. The maximum absolute atomic E-state index is 13.6. The molecule has 1 aliphatic carbocycles. The third-order valence-corrected chi connectivity index (χ3v) is 6.45. The Morgan fingerprint density at radius 3 is 2.32 bits per heavy atom. The maximum atomic E-state index is 13.6. The van der Waals surface area contributed by atoms with Crippen LogP contribution in [0.2, 0.25) is 0 Å². The molecule has 6 nitrogen and oxygen atoms in total. The molecule has 0 heterocycles.